The molecule has 2 N–H and O–H groups in total. The van der Waals surface area contributed by atoms with Crippen LogP contribution in [0.2, 0.25) is 0 Å². The smallest absolute Gasteiger partial charge is 0.256 e. The number of anilines is 1. The topological polar surface area (TPSA) is 92.9 Å². The van der Waals surface area contributed by atoms with Gasteiger partial charge in [0.05, 0.1) is 16.0 Å². The highest BCUT2D eigenvalue weighted by Crippen LogP contribution is 2.38. The fourth-order valence-corrected chi connectivity index (χ4v) is 3.93. The molecule has 26 heavy (non-hydrogen) atoms. The van der Waals surface area contributed by atoms with Crippen molar-refractivity contribution in [3.8, 4) is 17.1 Å². The van der Waals surface area contributed by atoms with Crippen molar-refractivity contribution in [1.29, 1.82) is 0 Å². The van der Waals surface area contributed by atoms with Crippen LogP contribution in [0.15, 0.2) is 39.3 Å². The lowest BCUT2D eigenvalue weighted by Crippen LogP contribution is -2.03. The van der Waals surface area contributed by atoms with Gasteiger partial charge in [0.2, 0.25) is 5.82 Å². The summed E-state index contributed by atoms with van der Waals surface area (Å²) in [4.78, 5) is 13.8. The minimum atomic E-state index is -0.190. The molecule has 2 heterocycles. The van der Waals surface area contributed by atoms with E-state index in [9.17, 15) is 9.90 Å². The third kappa shape index (κ3) is 2.93. The summed E-state index contributed by atoms with van der Waals surface area (Å²) in [7, 11) is 1.70. The van der Waals surface area contributed by atoms with Crippen molar-refractivity contribution in [2.75, 3.05) is 5.32 Å². The number of benzene rings is 2. The second-order valence-corrected chi connectivity index (χ2v) is 7.42. The van der Waals surface area contributed by atoms with E-state index in [1.807, 2.05) is 18.2 Å². The summed E-state index contributed by atoms with van der Waals surface area (Å²) >= 11 is 6.60. The molecule has 0 atom stereocenters. The van der Waals surface area contributed by atoms with Crippen molar-refractivity contribution in [2.24, 2.45) is 7.05 Å². The first-order chi connectivity index (χ1) is 12.4. The zero-order chi connectivity index (χ0) is 18.4. The number of aryl methyl sites for hydroxylation is 1. The van der Waals surface area contributed by atoms with Crippen LogP contribution in [-0.4, -0.2) is 31.2 Å². The van der Waals surface area contributed by atoms with Crippen molar-refractivity contribution in [2.45, 2.75) is 0 Å². The van der Waals surface area contributed by atoms with Crippen LogP contribution in [0.4, 0.5) is 5.69 Å². The lowest BCUT2D eigenvalue weighted by atomic mass is 10.0. The Morgan fingerprint density at radius 3 is 2.58 bits per heavy atom. The van der Waals surface area contributed by atoms with Gasteiger partial charge < -0.3 is 10.4 Å². The Hall–Kier alpha value is -2.52. The van der Waals surface area contributed by atoms with Gasteiger partial charge in [-0.3, -0.25) is 4.79 Å². The highest BCUT2D eigenvalue weighted by molar-refractivity contribution is 9.11. The number of phenolic OH excluding ortho intramolecular Hbond substituents is 1. The molecule has 4 rings (SSSR count). The third-order valence-electron chi connectivity index (χ3n) is 3.92. The van der Waals surface area contributed by atoms with Crippen molar-refractivity contribution in [3.63, 3.8) is 0 Å². The van der Waals surface area contributed by atoms with E-state index in [1.165, 1.54) is 4.80 Å². The van der Waals surface area contributed by atoms with Crippen LogP contribution in [0.5, 0.6) is 5.75 Å². The second kappa shape index (κ2) is 6.33. The highest BCUT2D eigenvalue weighted by Gasteiger charge is 2.25. The molecule has 1 aromatic heterocycles. The number of carbonyl (C=O) groups is 1. The highest BCUT2D eigenvalue weighted by atomic mass is 79.9. The SMILES string of the molecule is Cn1nnc(-c2ccc3c(c2)/C(=C/c2cc(Br)c(O)c(Br)c2)C(=O)N3)n1. The first kappa shape index (κ1) is 16.9. The van der Waals surface area contributed by atoms with Crippen LogP contribution < -0.4 is 5.32 Å². The van der Waals surface area contributed by atoms with Crippen molar-refractivity contribution >= 4 is 55.1 Å². The van der Waals surface area contributed by atoms with Crippen molar-refractivity contribution in [1.82, 2.24) is 20.2 Å². The molecule has 1 aliphatic heterocycles. The molecule has 1 amide bonds. The van der Waals surface area contributed by atoms with Crippen LogP contribution in [0, 0.1) is 0 Å². The summed E-state index contributed by atoms with van der Waals surface area (Å²) in [5, 5.41) is 24.7. The van der Waals surface area contributed by atoms with Crippen LogP contribution in [0.3, 0.4) is 0 Å². The number of tetrazole rings is 1. The van der Waals surface area contributed by atoms with E-state index in [0.29, 0.717) is 20.3 Å². The van der Waals surface area contributed by atoms with Crippen LogP contribution in [-0.2, 0) is 11.8 Å². The third-order valence-corrected chi connectivity index (χ3v) is 5.13. The van der Waals surface area contributed by atoms with Gasteiger partial charge in [-0.15, -0.1) is 10.2 Å². The van der Waals surface area contributed by atoms with E-state index in [2.05, 4.69) is 52.6 Å². The number of halogens is 2. The number of fused-ring (bicyclic) bond motifs is 1. The first-order valence-corrected chi connectivity index (χ1v) is 9.11. The molecule has 3 aromatic rings. The molecule has 0 bridgehead atoms. The molecule has 7 nitrogen and oxygen atoms in total. The maximum atomic E-state index is 12.4. The number of hydrogen-bond donors (Lipinski definition) is 2. The Morgan fingerprint density at radius 1 is 1.19 bits per heavy atom. The lowest BCUT2D eigenvalue weighted by molar-refractivity contribution is -0.110. The Bertz CT molecular complexity index is 1070. The van der Waals surface area contributed by atoms with Gasteiger partial charge in [0.25, 0.3) is 5.91 Å². The molecule has 9 heteroatoms. The molecule has 0 saturated carbocycles. The van der Waals surface area contributed by atoms with Gasteiger partial charge in [-0.1, -0.05) is 0 Å². The van der Waals surface area contributed by atoms with E-state index in [0.717, 1.165) is 22.4 Å². The van der Waals surface area contributed by atoms with E-state index in [-0.39, 0.29) is 11.7 Å². The molecule has 0 fully saturated rings. The molecule has 2 aromatic carbocycles. The number of nitrogens with one attached hydrogen (secondary N) is 1. The monoisotopic (exact) mass is 475 g/mol. The lowest BCUT2D eigenvalue weighted by Gasteiger charge is -2.04. The summed E-state index contributed by atoms with van der Waals surface area (Å²) in [5.41, 5.74) is 3.55. The number of hydrogen-bond acceptors (Lipinski definition) is 5. The standard InChI is InChI=1S/C17H11Br2N5O2/c1-24-22-16(21-23-24)9-2-3-14-10(7-9)11(17(26)20-14)4-8-5-12(18)15(25)13(19)6-8/h2-7,25H,1H3,(H,20,26)/b11-4-. The summed E-state index contributed by atoms with van der Waals surface area (Å²) in [5.74, 6) is 0.410. The molecule has 0 spiro atoms. The van der Waals surface area contributed by atoms with Gasteiger partial charge in [0.1, 0.15) is 5.75 Å². The van der Waals surface area contributed by atoms with Crippen LogP contribution in [0.25, 0.3) is 23.0 Å². The summed E-state index contributed by atoms with van der Waals surface area (Å²) < 4.78 is 1.07. The average Bonchev–Trinajstić information content (AvgIpc) is 3.16. The van der Waals surface area contributed by atoms with Gasteiger partial charge in [0, 0.05) is 22.4 Å². The van der Waals surface area contributed by atoms with Gasteiger partial charge in [-0.05, 0) is 79.0 Å². The minimum Gasteiger partial charge on any atom is -0.506 e. The number of aromatic hydroxyl groups is 1. The van der Waals surface area contributed by atoms with E-state index >= 15 is 0 Å². The Balaban J connectivity index is 1.81. The van der Waals surface area contributed by atoms with E-state index in [4.69, 9.17) is 0 Å². The summed E-state index contributed by atoms with van der Waals surface area (Å²) in [6.07, 6.45) is 1.77. The van der Waals surface area contributed by atoms with Gasteiger partial charge >= 0.3 is 0 Å². The van der Waals surface area contributed by atoms with Crippen molar-refractivity contribution in [3.05, 3.63) is 50.4 Å². The van der Waals surface area contributed by atoms with Crippen LogP contribution in [0.1, 0.15) is 11.1 Å². The number of carbonyl (C=O) groups excluding carboxylic acids is 1. The quantitative estimate of drug-likeness (QED) is 0.551. The number of nitrogens with zero attached hydrogens (tertiary/aromatic N) is 4. The number of aromatic nitrogens is 4. The van der Waals surface area contributed by atoms with Gasteiger partial charge in [0.15, 0.2) is 0 Å². The predicted octanol–water partition coefficient (Wildman–Crippen LogP) is 3.60. The number of phenols is 1. The zero-order valence-corrected chi connectivity index (χ0v) is 16.5. The molecular formula is C17H11Br2N5O2. The van der Waals surface area contributed by atoms with Gasteiger partial charge in [-0.2, -0.15) is 4.80 Å². The Kier molecular flexibility index (Phi) is 4.12. The van der Waals surface area contributed by atoms with Crippen LogP contribution >= 0.6 is 31.9 Å². The predicted molar refractivity (Wildman–Crippen MR) is 104 cm³/mol. The summed E-state index contributed by atoms with van der Waals surface area (Å²) in [6, 6.07) is 9.01. The molecule has 1 aliphatic rings. The molecule has 0 saturated heterocycles. The number of rotatable bonds is 2. The fourth-order valence-electron chi connectivity index (χ4n) is 2.71. The average molecular weight is 477 g/mol. The second-order valence-electron chi connectivity index (χ2n) is 5.71. The van der Waals surface area contributed by atoms with E-state index in [1.54, 1.807) is 25.3 Å². The molecule has 130 valence electrons. The Morgan fingerprint density at radius 2 is 1.92 bits per heavy atom. The first-order valence-electron chi connectivity index (χ1n) is 7.52. The zero-order valence-electron chi connectivity index (χ0n) is 13.4. The minimum absolute atomic E-state index is 0.111. The Labute approximate surface area is 165 Å². The largest absolute Gasteiger partial charge is 0.506 e. The number of amides is 1. The maximum Gasteiger partial charge on any atom is 0.256 e. The molecule has 0 unspecified atom stereocenters. The van der Waals surface area contributed by atoms with Crippen molar-refractivity contribution < 1.29 is 9.90 Å². The molecule has 0 aliphatic carbocycles. The fraction of sp³-hybridized carbons (Fsp3) is 0.0588. The normalized spacial score (nSPS) is 14.6. The van der Waals surface area contributed by atoms with E-state index < -0.39 is 0 Å². The molecular weight excluding hydrogens is 466 g/mol. The maximum absolute atomic E-state index is 12.4. The van der Waals surface area contributed by atoms with Gasteiger partial charge in [-0.25, -0.2) is 0 Å². The molecule has 0 radical (unpaired) electrons. The summed E-state index contributed by atoms with van der Waals surface area (Å²) in [6.45, 7) is 0.